The van der Waals surface area contributed by atoms with Gasteiger partial charge in [0.1, 0.15) is 0 Å². The maximum atomic E-state index is 4.51. The summed E-state index contributed by atoms with van der Waals surface area (Å²) in [5, 5.41) is 7.06. The molecular formula is C13H24N2S. The lowest BCUT2D eigenvalue weighted by atomic mass is 10.1. The van der Waals surface area contributed by atoms with Crippen molar-refractivity contribution in [2.45, 2.75) is 58.9 Å². The van der Waals surface area contributed by atoms with Crippen LogP contribution in [-0.4, -0.2) is 17.6 Å². The zero-order chi connectivity index (χ0) is 11.8. The molecule has 1 aromatic heterocycles. The number of nitrogens with zero attached hydrogens (tertiary/aromatic N) is 1. The van der Waals surface area contributed by atoms with Gasteiger partial charge in [-0.05, 0) is 32.7 Å². The van der Waals surface area contributed by atoms with Crippen LogP contribution >= 0.6 is 11.3 Å². The van der Waals surface area contributed by atoms with Gasteiger partial charge in [0.2, 0.25) is 0 Å². The molecule has 0 radical (unpaired) electrons. The lowest BCUT2D eigenvalue weighted by Gasteiger charge is -2.16. The largest absolute Gasteiger partial charge is 0.314 e. The number of aromatic nitrogens is 1. The molecule has 1 atom stereocenters. The van der Waals surface area contributed by atoms with Crippen LogP contribution in [0.1, 0.15) is 50.2 Å². The molecule has 92 valence electrons. The first kappa shape index (κ1) is 13.7. The first-order valence-electron chi connectivity index (χ1n) is 6.40. The summed E-state index contributed by atoms with van der Waals surface area (Å²) in [4.78, 5) is 4.51. The number of hydrogen-bond acceptors (Lipinski definition) is 3. The third-order valence-corrected chi connectivity index (χ3v) is 3.72. The van der Waals surface area contributed by atoms with Crippen LogP contribution in [0.4, 0.5) is 0 Å². The summed E-state index contributed by atoms with van der Waals surface area (Å²) >= 11 is 1.79. The topological polar surface area (TPSA) is 24.9 Å². The molecule has 3 heteroatoms. The van der Waals surface area contributed by atoms with Crippen molar-refractivity contribution in [3.63, 3.8) is 0 Å². The van der Waals surface area contributed by atoms with Crippen molar-refractivity contribution in [1.82, 2.24) is 10.3 Å². The van der Waals surface area contributed by atoms with Crippen molar-refractivity contribution < 1.29 is 0 Å². The zero-order valence-electron chi connectivity index (χ0n) is 10.8. The number of aryl methyl sites for hydroxylation is 2. The molecule has 0 aliphatic heterocycles. The molecule has 1 unspecified atom stereocenters. The molecule has 0 aliphatic rings. The molecule has 0 spiro atoms. The highest BCUT2D eigenvalue weighted by Gasteiger charge is 2.08. The highest BCUT2D eigenvalue weighted by atomic mass is 32.1. The predicted molar refractivity (Wildman–Crippen MR) is 72.2 cm³/mol. The van der Waals surface area contributed by atoms with Gasteiger partial charge in [-0.15, -0.1) is 11.3 Å². The van der Waals surface area contributed by atoms with E-state index in [0.29, 0.717) is 6.04 Å². The Morgan fingerprint density at radius 1 is 1.31 bits per heavy atom. The maximum Gasteiger partial charge on any atom is 0.0928 e. The average Bonchev–Trinajstić information content (AvgIpc) is 2.68. The van der Waals surface area contributed by atoms with Crippen LogP contribution in [0.25, 0.3) is 0 Å². The van der Waals surface area contributed by atoms with Gasteiger partial charge in [-0.3, -0.25) is 0 Å². The molecule has 0 bridgehead atoms. The van der Waals surface area contributed by atoms with Crippen LogP contribution in [0.5, 0.6) is 0 Å². The Balaban J connectivity index is 2.30. The summed E-state index contributed by atoms with van der Waals surface area (Å²) in [6.45, 7) is 7.69. The fourth-order valence-electron chi connectivity index (χ4n) is 1.86. The molecule has 1 rings (SSSR count). The summed E-state index contributed by atoms with van der Waals surface area (Å²) in [5.74, 6) is 0. The second-order valence-electron chi connectivity index (χ2n) is 4.36. The minimum Gasteiger partial charge on any atom is -0.314 e. The van der Waals surface area contributed by atoms with Crippen molar-refractivity contribution >= 4 is 11.3 Å². The first-order chi connectivity index (χ1) is 7.76. The van der Waals surface area contributed by atoms with Gasteiger partial charge in [0.05, 0.1) is 5.01 Å². The number of nitrogens with one attached hydrogen (secondary N) is 1. The second kappa shape index (κ2) is 7.80. The summed E-state index contributed by atoms with van der Waals surface area (Å²) in [7, 11) is 0. The molecule has 16 heavy (non-hydrogen) atoms. The molecule has 0 aliphatic carbocycles. The van der Waals surface area contributed by atoms with E-state index < -0.39 is 0 Å². The third-order valence-electron chi connectivity index (χ3n) is 2.69. The standard InChI is InChI=1S/C13H24N2S/c1-4-6-12(14-9-5-2)7-8-13-15-11(3)10-16-13/h10,12,14H,4-9H2,1-3H3. The summed E-state index contributed by atoms with van der Waals surface area (Å²) in [5.41, 5.74) is 1.16. The Morgan fingerprint density at radius 3 is 2.69 bits per heavy atom. The van der Waals surface area contributed by atoms with Crippen LogP contribution in [0.15, 0.2) is 5.38 Å². The Hall–Kier alpha value is -0.410. The van der Waals surface area contributed by atoms with Gasteiger partial charge in [-0.1, -0.05) is 20.3 Å². The number of thiazole rings is 1. The van der Waals surface area contributed by atoms with Crippen LogP contribution in [0.2, 0.25) is 0 Å². The number of hydrogen-bond donors (Lipinski definition) is 1. The van der Waals surface area contributed by atoms with E-state index in [0.717, 1.165) is 18.7 Å². The van der Waals surface area contributed by atoms with Crippen LogP contribution in [0.3, 0.4) is 0 Å². The van der Waals surface area contributed by atoms with Gasteiger partial charge in [0.15, 0.2) is 0 Å². The van der Waals surface area contributed by atoms with Crippen LogP contribution in [-0.2, 0) is 6.42 Å². The molecular weight excluding hydrogens is 216 g/mol. The lowest BCUT2D eigenvalue weighted by molar-refractivity contribution is 0.448. The Morgan fingerprint density at radius 2 is 2.12 bits per heavy atom. The lowest BCUT2D eigenvalue weighted by Crippen LogP contribution is -2.30. The molecule has 1 N–H and O–H groups in total. The second-order valence-corrected chi connectivity index (χ2v) is 5.30. The normalized spacial score (nSPS) is 12.9. The molecule has 0 amide bonds. The highest BCUT2D eigenvalue weighted by Crippen LogP contribution is 2.13. The summed E-state index contributed by atoms with van der Waals surface area (Å²) in [6, 6.07) is 0.675. The number of rotatable bonds is 8. The van der Waals surface area contributed by atoms with E-state index in [4.69, 9.17) is 0 Å². The van der Waals surface area contributed by atoms with E-state index in [9.17, 15) is 0 Å². The van der Waals surface area contributed by atoms with Crippen LogP contribution in [0, 0.1) is 6.92 Å². The molecule has 0 aromatic carbocycles. The first-order valence-corrected chi connectivity index (χ1v) is 7.28. The van der Waals surface area contributed by atoms with Gasteiger partial charge in [-0.2, -0.15) is 0 Å². The van der Waals surface area contributed by atoms with Gasteiger partial charge in [0, 0.05) is 23.5 Å². The Kier molecular flexibility index (Phi) is 6.65. The van der Waals surface area contributed by atoms with E-state index in [1.807, 2.05) is 0 Å². The van der Waals surface area contributed by atoms with E-state index >= 15 is 0 Å². The third kappa shape index (κ3) is 5.08. The minimum absolute atomic E-state index is 0.675. The molecule has 1 heterocycles. The van der Waals surface area contributed by atoms with Gasteiger partial charge < -0.3 is 5.32 Å². The summed E-state index contributed by atoms with van der Waals surface area (Å²) in [6.07, 6.45) is 6.11. The van der Waals surface area contributed by atoms with E-state index in [1.165, 1.54) is 30.7 Å². The fraction of sp³-hybridized carbons (Fsp3) is 0.769. The molecule has 0 saturated carbocycles. The van der Waals surface area contributed by atoms with Crippen LogP contribution < -0.4 is 5.32 Å². The van der Waals surface area contributed by atoms with Gasteiger partial charge >= 0.3 is 0 Å². The quantitative estimate of drug-likeness (QED) is 0.751. The summed E-state index contributed by atoms with van der Waals surface area (Å²) < 4.78 is 0. The molecule has 2 nitrogen and oxygen atoms in total. The maximum absolute atomic E-state index is 4.51. The van der Waals surface area contributed by atoms with E-state index in [2.05, 4.69) is 36.5 Å². The zero-order valence-corrected chi connectivity index (χ0v) is 11.6. The highest BCUT2D eigenvalue weighted by molar-refractivity contribution is 7.09. The fourth-order valence-corrected chi connectivity index (χ4v) is 2.65. The Bertz CT molecular complexity index is 283. The monoisotopic (exact) mass is 240 g/mol. The van der Waals surface area contributed by atoms with Crippen molar-refractivity contribution in [3.8, 4) is 0 Å². The van der Waals surface area contributed by atoms with Crippen molar-refractivity contribution in [3.05, 3.63) is 16.1 Å². The van der Waals surface area contributed by atoms with E-state index in [-0.39, 0.29) is 0 Å². The molecule has 0 fully saturated rings. The van der Waals surface area contributed by atoms with Crippen molar-refractivity contribution in [2.24, 2.45) is 0 Å². The van der Waals surface area contributed by atoms with Gasteiger partial charge in [-0.25, -0.2) is 4.98 Å². The predicted octanol–water partition coefficient (Wildman–Crippen LogP) is 3.55. The minimum atomic E-state index is 0.675. The SMILES string of the molecule is CCCNC(CCC)CCc1nc(C)cs1. The molecule has 1 aromatic rings. The Labute approximate surface area is 103 Å². The van der Waals surface area contributed by atoms with Crippen molar-refractivity contribution in [2.75, 3.05) is 6.54 Å². The smallest absolute Gasteiger partial charge is 0.0928 e. The van der Waals surface area contributed by atoms with Crippen molar-refractivity contribution in [1.29, 1.82) is 0 Å². The average molecular weight is 240 g/mol. The molecule has 0 saturated heterocycles. The van der Waals surface area contributed by atoms with E-state index in [1.54, 1.807) is 11.3 Å². The van der Waals surface area contributed by atoms with Gasteiger partial charge in [0.25, 0.3) is 0 Å².